The van der Waals surface area contributed by atoms with Crippen molar-refractivity contribution in [1.29, 1.82) is 0 Å². The number of guanidine groups is 1. The first kappa shape index (κ1) is 11.4. The standard InChI is InChI=1S/C8H7ClF3N3O/c9-5-3-6(16)15-2-1-4(8(10,11)12)13-7(15)14-5/h4H,1-3H2/t4-/m1/s1. The van der Waals surface area contributed by atoms with Gasteiger partial charge < -0.3 is 0 Å². The van der Waals surface area contributed by atoms with Gasteiger partial charge in [0.05, 0.1) is 6.42 Å². The van der Waals surface area contributed by atoms with Crippen LogP contribution in [0.3, 0.4) is 0 Å². The smallest absolute Gasteiger partial charge is 0.281 e. The number of hydrogen-bond acceptors (Lipinski definition) is 3. The first-order valence-electron chi connectivity index (χ1n) is 4.56. The molecular formula is C8H7ClF3N3O. The summed E-state index contributed by atoms with van der Waals surface area (Å²) in [5.74, 6) is -0.589. The number of nitrogens with zero attached hydrogens (tertiary/aromatic N) is 3. The molecule has 0 saturated heterocycles. The van der Waals surface area contributed by atoms with Crippen LogP contribution in [0, 0.1) is 0 Å². The van der Waals surface area contributed by atoms with Crippen LogP contribution in [0.4, 0.5) is 13.2 Å². The van der Waals surface area contributed by atoms with Gasteiger partial charge in [-0.1, -0.05) is 11.6 Å². The molecule has 4 nitrogen and oxygen atoms in total. The Morgan fingerprint density at radius 3 is 2.75 bits per heavy atom. The fourth-order valence-electron chi connectivity index (χ4n) is 1.56. The van der Waals surface area contributed by atoms with E-state index >= 15 is 0 Å². The molecule has 2 aliphatic rings. The van der Waals surface area contributed by atoms with Crippen molar-refractivity contribution in [3.05, 3.63) is 0 Å². The lowest BCUT2D eigenvalue weighted by Crippen LogP contribution is -2.47. The fourth-order valence-corrected chi connectivity index (χ4v) is 1.75. The molecule has 0 aromatic rings. The molecule has 2 rings (SSSR count). The molecule has 0 radical (unpaired) electrons. The summed E-state index contributed by atoms with van der Waals surface area (Å²) < 4.78 is 37.2. The van der Waals surface area contributed by atoms with E-state index in [1.807, 2.05) is 0 Å². The Morgan fingerprint density at radius 1 is 1.44 bits per heavy atom. The lowest BCUT2D eigenvalue weighted by Gasteiger charge is -2.31. The quantitative estimate of drug-likeness (QED) is 0.646. The van der Waals surface area contributed by atoms with E-state index in [0.29, 0.717) is 0 Å². The van der Waals surface area contributed by atoms with Gasteiger partial charge >= 0.3 is 6.18 Å². The highest BCUT2D eigenvalue weighted by Gasteiger charge is 2.43. The number of carbonyl (C=O) groups is 1. The average Bonchev–Trinajstić information content (AvgIpc) is 2.15. The Labute approximate surface area is 93.8 Å². The lowest BCUT2D eigenvalue weighted by atomic mass is 10.1. The number of amides is 1. The summed E-state index contributed by atoms with van der Waals surface area (Å²) in [7, 11) is 0. The van der Waals surface area contributed by atoms with Crippen molar-refractivity contribution in [2.75, 3.05) is 6.54 Å². The Morgan fingerprint density at radius 2 is 2.12 bits per heavy atom. The molecule has 0 fully saturated rings. The molecule has 0 aromatic carbocycles. The number of halogens is 4. The summed E-state index contributed by atoms with van der Waals surface area (Å²) >= 11 is 5.53. The number of hydrogen-bond donors (Lipinski definition) is 0. The van der Waals surface area contributed by atoms with Gasteiger partial charge in [-0.2, -0.15) is 13.2 Å². The maximum atomic E-state index is 12.4. The summed E-state index contributed by atoms with van der Waals surface area (Å²) in [6.07, 6.45) is -4.70. The van der Waals surface area contributed by atoms with Crippen molar-refractivity contribution in [2.24, 2.45) is 9.98 Å². The van der Waals surface area contributed by atoms with Crippen LogP contribution in [0.2, 0.25) is 0 Å². The van der Waals surface area contributed by atoms with E-state index in [2.05, 4.69) is 9.98 Å². The second-order valence-corrected chi connectivity index (χ2v) is 3.92. The number of rotatable bonds is 0. The van der Waals surface area contributed by atoms with E-state index in [1.54, 1.807) is 0 Å². The molecule has 0 aliphatic carbocycles. The van der Waals surface area contributed by atoms with Gasteiger partial charge in [-0.25, -0.2) is 9.98 Å². The van der Waals surface area contributed by atoms with E-state index in [0.717, 1.165) is 4.90 Å². The monoisotopic (exact) mass is 253 g/mol. The van der Waals surface area contributed by atoms with Crippen LogP contribution in [0.1, 0.15) is 12.8 Å². The van der Waals surface area contributed by atoms with E-state index in [9.17, 15) is 18.0 Å². The van der Waals surface area contributed by atoms with E-state index < -0.39 is 12.2 Å². The van der Waals surface area contributed by atoms with Gasteiger partial charge in [-0.05, 0) is 6.42 Å². The minimum absolute atomic E-state index is 0.0183. The molecule has 0 spiro atoms. The maximum absolute atomic E-state index is 12.4. The lowest BCUT2D eigenvalue weighted by molar-refractivity contribution is -0.152. The largest absolute Gasteiger partial charge is 0.410 e. The molecule has 8 heteroatoms. The molecule has 1 amide bonds. The zero-order chi connectivity index (χ0) is 11.9. The van der Waals surface area contributed by atoms with Crippen LogP contribution in [0.15, 0.2) is 9.98 Å². The van der Waals surface area contributed by atoms with Crippen molar-refractivity contribution in [3.8, 4) is 0 Å². The van der Waals surface area contributed by atoms with Gasteiger partial charge in [0, 0.05) is 6.54 Å². The van der Waals surface area contributed by atoms with Gasteiger partial charge in [0.25, 0.3) is 0 Å². The van der Waals surface area contributed by atoms with Gasteiger partial charge in [-0.3, -0.25) is 9.69 Å². The normalized spacial score (nSPS) is 26.1. The third-order valence-electron chi connectivity index (χ3n) is 2.34. The summed E-state index contributed by atoms with van der Waals surface area (Å²) in [5.41, 5.74) is 0. The van der Waals surface area contributed by atoms with Crippen LogP contribution in [0.25, 0.3) is 0 Å². The van der Waals surface area contributed by atoms with Crippen molar-refractivity contribution in [2.45, 2.75) is 25.1 Å². The highest BCUT2D eigenvalue weighted by Crippen LogP contribution is 2.29. The number of aliphatic imine (C=N–C) groups is 2. The van der Waals surface area contributed by atoms with Crippen LogP contribution in [-0.2, 0) is 4.79 Å². The van der Waals surface area contributed by atoms with Crippen molar-refractivity contribution < 1.29 is 18.0 Å². The average molecular weight is 254 g/mol. The third-order valence-corrected chi connectivity index (χ3v) is 2.55. The Balaban J connectivity index is 2.32. The van der Waals surface area contributed by atoms with Crippen molar-refractivity contribution in [3.63, 3.8) is 0 Å². The minimum atomic E-state index is -4.40. The molecule has 0 aromatic heterocycles. The molecular weight excluding hydrogens is 247 g/mol. The molecule has 0 bridgehead atoms. The number of carbonyl (C=O) groups excluding carboxylic acids is 1. The summed E-state index contributed by atoms with van der Waals surface area (Å²) in [6.45, 7) is -0.0183. The van der Waals surface area contributed by atoms with Crippen LogP contribution in [0.5, 0.6) is 0 Å². The highest BCUT2D eigenvalue weighted by molar-refractivity contribution is 6.68. The minimum Gasteiger partial charge on any atom is -0.281 e. The fraction of sp³-hybridized carbons (Fsp3) is 0.625. The zero-order valence-electron chi connectivity index (χ0n) is 7.96. The van der Waals surface area contributed by atoms with Crippen molar-refractivity contribution >= 4 is 28.6 Å². The molecule has 1 atom stereocenters. The zero-order valence-corrected chi connectivity index (χ0v) is 8.72. The second kappa shape index (κ2) is 3.73. The Bertz CT molecular complexity index is 390. The molecule has 0 unspecified atom stereocenters. The number of fused-ring (bicyclic) bond motifs is 1. The van der Waals surface area contributed by atoms with E-state index in [1.165, 1.54) is 0 Å². The second-order valence-electron chi connectivity index (χ2n) is 3.49. The SMILES string of the molecule is O=C1CC(Cl)=NC2=N[C@@H](C(F)(F)F)CCN12. The van der Waals surface area contributed by atoms with Gasteiger partial charge in [0.2, 0.25) is 11.9 Å². The van der Waals surface area contributed by atoms with Crippen LogP contribution in [-0.4, -0.2) is 40.7 Å². The molecule has 0 N–H and O–H groups in total. The third kappa shape index (κ3) is 2.04. The van der Waals surface area contributed by atoms with Crippen LogP contribution < -0.4 is 0 Å². The summed E-state index contributed by atoms with van der Waals surface area (Å²) in [5, 5.41) is -0.0252. The molecule has 2 heterocycles. The molecule has 88 valence electrons. The Hall–Kier alpha value is -1.11. The topological polar surface area (TPSA) is 45.0 Å². The van der Waals surface area contributed by atoms with Crippen LogP contribution >= 0.6 is 11.6 Å². The van der Waals surface area contributed by atoms with Gasteiger partial charge in [0.1, 0.15) is 5.17 Å². The Kier molecular flexibility index (Phi) is 2.65. The predicted octanol–water partition coefficient (Wildman–Crippen LogP) is 1.55. The highest BCUT2D eigenvalue weighted by atomic mass is 35.5. The summed E-state index contributed by atoms with van der Waals surface area (Å²) in [6, 6.07) is -1.79. The first-order chi connectivity index (χ1) is 7.38. The van der Waals surface area contributed by atoms with E-state index in [-0.39, 0.29) is 36.4 Å². The molecule has 16 heavy (non-hydrogen) atoms. The number of alkyl halides is 3. The van der Waals surface area contributed by atoms with E-state index in [4.69, 9.17) is 11.6 Å². The first-order valence-corrected chi connectivity index (χ1v) is 4.93. The predicted molar refractivity (Wildman–Crippen MR) is 51.5 cm³/mol. The van der Waals surface area contributed by atoms with Gasteiger partial charge in [0.15, 0.2) is 6.04 Å². The van der Waals surface area contributed by atoms with Gasteiger partial charge in [-0.15, -0.1) is 0 Å². The maximum Gasteiger partial charge on any atom is 0.410 e. The molecule has 0 saturated carbocycles. The van der Waals surface area contributed by atoms with Crippen molar-refractivity contribution in [1.82, 2.24) is 4.90 Å². The summed E-state index contributed by atoms with van der Waals surface area (Å²) in [4.78, 5) is 19.6. The molecule has 2 aliphatic heterocycles.